The Labute approximate surface area is 146 Å². The van der Waals surface area contributed by atoms with Gasteiger partial charge in [-0.2, -0.15) is 13.2 Å². The van der Waals surface area contributed by atoms with Crippen LogP contribution in [-0.4, -0.2) is 11.8 Å². The third-order valence-corrected chi connectivity index (χ3v) is 6.69. The van der Waals surface area contributed by atoms with Crippen LogP contribution in [0.15, 0.2) is 30.4 Å². The van der Waals surface area contributed by atoms with Crippen molar-refractivity contribution in [1.29, 1.82) is 0 Å². The predicted octanol–water partition coefficient (Wildman–Crippen LogP) is 4.06. The molecule has 1 saturated heterocycles. The van der Waals surface area contributed by atoms with E-state index < -0.39 is 35.4 Å². The highest BCUT2D eigenvalue weighted by Crippen LogP contribution is 2.73. The highest BCUT2D eigenvalue weighted by molar-refractivity contribution is 6.36. The number of nitrogens with zero attached hydrogens (tertiary/aromatic N) is 1. The van der Waals surface area contributed by atoms with Crippen molar-refractivity contribution in [3.05, 3.63) is 40.9 Å². The van der Waals surface area contributed by atoms with Gasteiger partial charge in [0, 0.05) is 0 Å². The first kappa shape index (κ1) is 15.4. The number of allylic oxidation sites excluding steroid dienone is 2. The van der Waals surface area contributed by atoms with Crippen molar-refractivity contribution in [3.8, 4) is 0 Å². The second kappa shape index (κ2) is 4.47. The van der Waals surface area contributed by atoms with Crippen molar-refractivity contribution < 1.29 is 22.8 Å². The molecule has 3 fully saturated rings. The van der Waals surface area contributed by atoms with Gasteiger partial charge in [-0.25, -0.2) is 4.90 Å². The van der Waals surface area contributed by atoms with Crippen molar-refractivity contribution in [2.75, 3.05) is 4.90 Å². The highest BCUT2D eigenvalue weighted by atomic mass is 35.5. The summed E-state index contributed by atoms with van der Waals surface area (Å²) in [7, 11) is 0. The number of anilines is 1. The molecule has 0 aromatic heterocycles. The lowest BCUT2D eigenvalue weighted by Crippen LogP contribution is -2.35. The van der Waals surface area contributed by atoms with Crippen LogP contribution in [0.25, 0.3) is 0 Å². The summed E-state index contributed by atoms with van der Waals surface area (Å²) >= 11 is 6.04. The van der Waals surface area contributed by atoms with Gasteiger partial charge in [0.25, 0.3) is 0 Å². The fourth-order valence-electron chi connectivity index (χ4n) is 5.18. The molecule has 130 valence electrons. The number of hydrogen-bond donors (Lipinski definition) is 0. The van der Waals surface area contributed by atoms with E-state index in [1.807, 2.05) is 12.2 Å². The Hall–Kier alpha value is -1.82. The molecule has 1 heterocycles. The number of fused-ring (bicyclic) bond motifs is 3. The third-order valence-electron chi connectivity index (χ3n) is 6.37. The Bertz CT molecular complexity index is 824. The van der Waals surface area contributed by atoms with Crippen LogP contribution in [0.4, 0.5) is 18.9 Å². The van der Waals surface area contributed by atoms with Crippen LogP contribution in [0.5, 0.6) is 0 Å². The van der Waals surface area contributed by atoms with E-state index in [1.54, 1.807) is 0 Å². The van der Waals surface area contributed by atoms with Crippen LogP contribution < -0.4 is 4.90 Å². The first-order valence-electron chi connectivity index (χ1n) is 8.18. The Morgan fingerprint density at radius 1 is 1.04 bits per heavy atom. The van der Waals surface area contributed by atoms with Gasteiger partial charge in [0.2, 0.25) is 11.8 Å². The number of imide groups is 1. The minimum atomic E-state index is -4.57. The number of amides is 2. The Balaban J connectivity index is 1.58. The van der Waals surface area contributed by atoms with Crippen LogP contribution >= 0.6 is 11.6 Å². The summed E-state index contributed by atoms with van der Waals surface area (Å²) in [6, 6.07) is 2.73. The zero-order valence-electron chi connectivity index (χ0n) is 12.9. The number of rotatable bonds is 1. The van der Waals surface area contributed by atoms with Crippen LogP contribution in [-0.2, 0) is 15.8 Å². The topological polar surface area (TPSA) is 37.4 Å². The van der Waals surface area contributed by atoms with E-state index in [1.165, 1.54) is 0 Å². The van der Waals surface area contributed by atoms with Gasteiger partial charge in [-0.15, -0.1) is 0 Å². The lowest BCUT2D eigenvalue weighted by molar-refractivity contribution is -0.137. The van der Waals surface area contributed by atoms with E-state index in [4.69, 9.17) is 11.6 Å². The first-order chi connectivity index (χ1) is 11.8. The van der Waals surface area contributed by atoms with Crippen LogP contribution in [0, 0.1) is 29.1 Å². The molecular weight excluding hydrogens is 355 g/mol. The monoisotopic (exact) mass is 367 g/mol. The molecule has 0 N–H and O–H groups in total. The Morgan fingerprint density at radius 2 is 1.60 bits per heavy atom. The molecule has 3 nitrogen and oxygen atoms in total. The number of hydrogen-bond acceptors (Lipinski definition) is 2. The number of halogens is 4. The lowest BCUT2D eigenvalue weighted by atomic mass is 9.85. The lowest BCUT2D eigenvalue weighted by Gasteiger charge is -2.23. The van der Waals surface area contributed by atoms with Crippen LogP contribution in [0.2, 0.25) is 5.02 Å². The molecule has 4 unspecified atom stereocenters. The smallest absolute Gasteiger partial charge is 0.274 e. The van der Waals surface area contributed by atoms with E-state index in [-0.39, 0.29) is 28.0 Å². The number of benzene rings is 1. The summed E-state index contributed by atoms with van der Waals surface area (Å²) < 4.78 is 39.0. The van der Waals surface area contributed by atoms with E-state index in [0.29, 0.717) is 0 Å². The maximum absolute atomic E-state index is 13.0. The van der Waals surface area contributed by atoms with Gasteiger partial charge in [0.1, 0.15) is 0 Å². The van der Waals surface area contributed by atoms with Crippen molar-refractivity contribution in [1.82, 2.24) is 0 Å². The van der Waals surface area contributed by atoms with Crippen molar-refractivity contribution >= 4 is 29.1 Å². The summed E-state index contributed by atoms with van der Waals surface area (Å²) in [5, 5.41) is -0.0314. The van der Waals surface area contributed by atoms with Crippen molar-refractivity contribution in [2.24, 2.45) is 29.1 Å². The standard InChI is InChI=1S/C18H13ClF3NO2/c19-11-4-1-8(18(20,21)22)7-12(11)23-15(24)13-9-2-3-10(14(13)16(23)25)17(9)5-6-17/h1-4,7,9-10,13-14H,5-6H2. The van der Waals surface area contributed by atoms with Gasteiger partial charge < -0.3 is 0 Å². The van der Waals surface area contributed by atoms with E-state index in [9.17, 15) is 22.8 Å². The van der Waals surface area contributed by atoms with Crippen molar-refractivity contribution in [3.63, 3.8) is 0 Å². The van der Waals surface area contributed by atoms with Gasteiger partial charge in [0.15, 0.2) is 0 Å². The SMILES string of the molecule is O=C1C2C(C(=O)N1c1cc(C(F)(F)F)ccc1Cl)C1C=CC2C12CC2. The third kappa shape index (κ3) is 1.78. The van der Waals surface area contributed by atoms with Gasteiger partial charge in [-0.1, -0.05) is 23.8 Å². The average molecular weight is 368 g/mol. The molecule has 1 spiro atoms. The Morgan fingerprint density at radius 3 is 2.08 bits per heavy atom. The zero-order chi connectivity index (χ0) is 17.7. The first-order valence-corrected chi connectivity index (χ1v) is 8.56. The van der Waals surface area contributed by atoms with Crippen LogP contribution in [0.1, 0.15) is 18.4 Å². The zero-order valence-corrected chi connectivity index (χ0v) is 13.6. The molecule has 2 amide bonds. The fourth-order valence-corrected chi connectivity index (χ4v) is 5.38. The second-order valence-corrected chi connectivity index (χ2v) is 7.80. The Kier molecular flexibility index (Phi) is 2.76. The van der Waals surface area contributed by atoms with Gasteiger partial charge in [-0.05, 0) is 48.3 Å². The maximum atomic E-state index is 13.0. The average Bonchev–Trinajstić information content (AvgIpc) is 3.13. The molecule has 3 aliphatic carbocycles. The second-order valence-electron chi connectivity index (χ2n) is 7.40. The molecule has 1 aromatic rings. The molecule has 4 atom stereocenters. The summed E-state index contributed by atoms with van der Waals surface area (Å²) in [5.41, 5.74) is -1.04. The number of carbonyl (C=O) groups is 2. The molecule has 4 aliphatic rings. The molecule has 1 aliphatic heterocycles. The normalized spacial score (nSPS) is 34.3. The summed E-state index contributed by atoms with van der Waals surface area (Å²) in [6.45, 7) is 0. The number of alkyl halides is 3. The molecule has 5 rings (SSSR count). The van der Waals surface area contributed by atoms with E-state index in [0.717, 1.165) is 35.9 Å². The quantitative estimate of drug-likeness (QED) is 0.554. The van der Waals surface area contributed by atoms with Crippen molar-refractivity contribution in [2.45, 2.75) is 19.0 Å². The fraction of sp³-hybridized carbons (Fsp3) is 0.444. The van der Waals surface area contributed by atoms with Gasteiger partial charge in [-0.3, -0.25) is 9.59 Å². The summed E-state index contributed by atoms with van der Waals surface area (Å²) in [4.78, 5) is 26.8. The maximum Gasteiger partial charge on any atom is 0.416 e. The predicted molar refractivity (Wildman–Crippen MR) is 83.7 cm³/mol. The summed E-state index contributed by atoms with van der Waals surface area (Å²) in [6.07, 6.45) is 1.47. The molecule has 2 saturated carbocycles. The molecule has 2 bridgehead atoms. The minimum absolute atomic E-state index is 0.0218. The van der Waals surface area contributed by atoms with E-state index in [2.05, 4.69) is 0 Å². The molecule has 1 aromatic carbocycles. The molecule has 0 radical (unpaired) electrons. The molecule has 7 heteroatoms. The van der Waals surface area contributed by atoms with Gasteiger partial charge in [0.05, 0.1) is 28.1 Å². The minimum Gasteiger partial charge on any atom is -0.274 e. The van der Waals surface area contributed by atoms with Gasteiger partial charge >= 0.3 is 6.18 Å². The van der Waals surface area contributed by atoms with E-state index >= 15 is 0 Å². The summed E-state index contributed by atoms with van der Waals surface area (Å²) in [5.74, 6) is -1.72. The molecule has 25 heavy (non-hydrogen) atoms. The highest BCUT2D eigenvalue weighted by Gasteiger charge is 2.73. The number of carbonyl (C=O) groups excluding carboxylic acids is 2. The largest absolute Gasteiger partial charge is 0.416 e. The molecular formula is C18H13ClF3NO2. The van der Waals surface area contributed by atoms with Crippen LogP contribution in [0.3, 0.4) is 0 Å².